The molecule has 3 rings (SSSR count). The van der Waals surface area contributed by atoms with Crippen molar-refractivity contribution in [1.29, 1.82) is 0 Å². The van der Waals surface area contributed by atoms with Crippen molar-refractivity contribution in [3.05, 3.63) is 53.2 Å². The van der Waals surface area contributed by atoms with Crippen LogP contribution in [-0.4, -0.2) is 48.4 Å². The molecule has 6 nitrogen and oxygen atoms in total. The summed E-state index contributed by atoms with van der Waals surface area (Å²) >= 11 is 6.02. The summed E-state index contributed by atoms with van der Waals surface area (Å²) in [4.78, 5) is 31.9. The maximum atomic E-state index is 12.8. The first kappa shape index (κ1) is 22.9. The van der Waals surface area contributed by atoms with E-state index in [1.54, 1.807) is 36.2 Å². The van der Waals surface area contributed by atoms with Gasteiger partial charge < -0.3 is 15.1 Å². The fourth-order valence-corrected chi connectivity index (χ4v) is 3.77. The summed E-state index contributed by atoms with van der Waals surface area (Å²) in [6.07, 6.45) is -2.77. The Labute approximate surface area is 183 Å². The van der Waals surface area contributed by atoms with Gasteiger partial charge in [-0.15, -0.1) is 0 Å². The second-order valence-corrected chi connectivity index (χ2v) is 7.80. The van der Waals surface area contributed by atoms with Crippen LogP contribution in [0.15, 0.2) is 42.6 Å². The summed E-state index contributed by atoms with van der Waals surface area (Å²) in [7, 11) is 1.58. The summed E-state index contributed by atoms with van der Waals surface area (Å²) < 4.78 is 38.4. The molecule has 31 heavy (non-hydrogen) atoms. The van der Waals surface area contributed by atoms with Crippen LogP contribution < -0.4 is 10.2 Å². The van der Waals surface area contributed by atoms with Gasteiger partial charge in [-0.2, -0.15) is 13.2 Å². The number of rotatable bonds is 5. The SMILES string of the molecule is CN(CC(=O)Nc1ccccc1)C(=O)C1CCN(c2ncc(C(F)(F)F)cc2Cl)CC1. The first-order valence-corrected chi connectivity index (χ1v) is 10.1. The van der Waals surface area contributed by atoms with Crippen molar-refractivity contribution in [3.8, 4) is 0 Å². The highest BCUT2D eigenvalue weighted by Gasteiger charge is 2.33. The molecule has 0 atom stereocenters. The van der Waals surface area contributed by atoms with E-state index in [9.17, 15) is 22.8 Å². The molecule has 2 heterocycles. The molecule has 2 aromatic rings. The standard InChI is InChI=1S/C21H22ClF3N4O2/c1-28(13-18(30)27-16-5-3-2-4-6-16)20(31)14-7-9-29(10-8-14)19-17(22)11-15(12-26-19)21(23,24)25/h2-6,11-12,14H,7-10,13H2,1H3,(H,27,30). The molecule has 10 heteroatoms. The molecule has 1 aromatic heterocycles. The van der Waals surface area contributed by atoms with Crippen molar-refractivity contribution in [1.82, 2.24) is 9.88 Å². The van der Waals surface area contributed by atoms with E-state index in [4.69, 9.17) is 11.6 Å². The quantitative estimate of drug-likeness (QED) is 0.739. The molecule has 0 saturated carbocycles. The number of hydrogen-bond acceptors (Lipinski definition) is 4. The number of likely N-dealkylation sites (N-methyl/N-ethyl adjacent to an activating group) is 1. The number of pyridine rings is 1. The van der Waals surface area contributed by atoms with Crippen LogP contribution in [0.4, 0.5) is 24.7 Å². The van der Waals surface area contributed by atoms with Crippen molar-refractivity contribution < 1.29 is 22.8 Å². The number of hydrogen-bond donors (Lipinski definition) is 1. The zero-order valence-electron chi connectivity index (χ0n) is 16.8. The number of anilines is 2. The highest BCUT2D eigenvalue weighted by atomic mass is 35.5. The highest BCUT2D eigenvalue weighted by molar-refractivity contribution is 6.33. The third-order valence-electron chi connectivity index (χ3n) is 5.11. The number of carbonyl (C=O) groups is 2. The van der Waals surface area contributed by atoms with Crippen LogP contribution >= 0.6 is 11.6 Å². The second-order valence-electron chi connectivity index (χ2n) is 7.40. The molecule has 0 unspecified atom stereocenters. The number of halogens is 4. The van der Waals surface area contributed by atoms with Crippen molar-refractivity contribution in [2.45, 2.75) is 19.0 Å². The van der Waals surface area contributed by atoms with Crippen LogP contribution in [0.1, 0.15) is 18.4 Å². The van der Waals surface area contributed by atoms with Crippen LogP contribution in [0.25, 0.3) is 0 Å². The summed E-state index contributed by atoms with van der Waals surface area (Å²) in [6, 6.07) is 9.82. The maximum absolute atomic E-state index is 12.8. The number of carbonyl (C=O) groups excluding carboxylic acids is 2. The lowest BCUT2D eigenvalue weighted by Gasteiger charge is -2.34. The molecule has 0 radical (unpaired) electrons. The Morgan fingerprint density at radius 3 is 2.45 bits per heavy atom. The predicted molar refractivity (Wildman–Crippen MR) is 112 cm³/mol. The van der Waals surface area contributed by atoms with Gasteiger partial charge in [-0.25, -0.2) is 4.98 Å². The molecule has 1 aromatic carbocycles. The van der Waals surface area contributed by atoms with Gasteiger partial charge in [-0.1, -0.05) is 29.8 Å². The van der Waals surface area contributed by atoms with Crippen LogP contribution in [0.2, 0.25) is 5.02 Å². The maximum Gasteiger partial charge on any atom is 0.417 e. The number of aromatic nitrogens is 1. The van der Waals surface area contributed by atoms with Gasteiger partial charge in [-0.3, -0.25) is 9.59 Å². The van der Waals surface area contributed by atoms with E-state index in [2.05, 4.69) is 10.3 Å². The Morgan fingerprint density at radius 1 is 1.23 bits per heavy atom. The van der Waals surface area contributed by atoms with Gasteiger partial charge in [0.25, 0.3) is 0 Å². The average molecular weight is 455 g/mol. The molecule has 0 bridgehead atoms. The smallest absolute Gasteiger partial charge is 0.355 e. The Balaban J connectivity index is 1.53. The number of alkyl halides is 3. The van der Waals surface area contributed by atoms with Gasteiger partial charge in [0.1, 0.15) is 5.82 Å². The number of nitrogens with zero attached hydrogens (tertiary/aromatic N) is 3. The number of piperidine rings is 1. The largest absolute Gasteiger partial charge is 0.417 e. The molecular formula is C21H22ClF3N4O2. The molecule has 166 valence electrons. The molecule has 0 spiro atoms. The van der Waals surface area contributed by atoms with E-state index >= 15 is 0 Å². The third kappa shape index (κ3) is 5.88. The molecule has 1 N–H and O–H groups in total. The topological polar surface area (TPSA) is 65.5 Å². The van der Waals surface area contributed by atoms with Crippen LogP contribution in [-0.2, 0) is 15.8 Å². The first-order chi connectivity index (χ1) is 14.6. The number of para-hydroxylation sites is 1. The summed E-state index contributed by atoms with van der Waals surface area (Å²) in [6.45, 7) is 0.789. The van der Waals surface area contributed by atoms with Crippen molar-refractivity contribution >= 4 is 34.9 Å². The molecule has 1 fully saturated rings. The van der Waals surface area contributed by atoms with Crippen molar-refractivity contribution in [2.24, 2.45) is 5.92 Å². The lowest BCUT2D eigenvalue weighted by atomic mass is 9.95. The predicted octanol–water partition coefficient (Wildman–Crippen LogP) is 4.07. The second kappa shape index (κ2) is 9.55. The molecule has 0 aliphatic carbocycles. The van der Waals surface area contributed by atoms with E-state index in [-0.39, 0.29) is 35.1 Å². The van der Waals surface area contributed by atoms with Crippen molar-refractivity contribution in [3.63, 3.8) is 0 Å². The molecule has 1 saturated heterocycles. The van der Waals surface area contributed by atoms with Crippen molar-refractivity contribution in [2.75, 3.05) is 36.9 Å². The fraction of sp³-hybridized carbons (Fsp3) is 0.381. The van der Waals surface area contributed by atoms with E-state index in [0.29, 0.717) is 31.6 Å². The number of benzene rings is 1. The van der Waals surface area contributed by atoms with E-state index in [0.717, 1.165) is 12.3 Å². The zero-order valence-corrected chi connectivity index (χ0v) is 17.6. The Bertz CT molecular complexity index is 932. The van der Waals surface area contributed by atoms with Gasteiger partial charge in [0, 0.05) is 37.9 Å². The van der Waals surface area contributed by atoms with E-state index in [1.807, 2.05) is 6.07 Å². The highest BCUT2D eigenvalue weighted by Crippen LogP contribution is 2.34. The average Bonchev–Trinajstić information content (AvgIpc) is 2.73. The monoisotopic (exact) mass is 454 g/mol. The van der Waals surface area contributed by atoms with Crippen LogP contribution in [0.5, 0.6) is 0 Å². The van der Waals surface area contributed by atoms with Gasteiger partial charge in [0.05, 0.1) is 17.1 Å². The molecule has 1 aliphatic heterocycles. The molecule has 1 aliphatic rings. The lowest BCUT2D eigenvalue weighted by molar-refractivity contribution is -0.138. The van der Waals surface area contributed by atoms with Crippen LogP contribution in [0.3, 0.4) is 0 Å². The first-order valence-electron chi connectivity index (χ1n) is 9.72. The Morgan fingerprint density at radius 2 is 1.87 bits per heavy atom. The minimum absolute atomic E-state index is 0.0692. The number of nitrogens with one attached hydrogen (secondary N) is 1. The normalized spacial score (nSPS) is 14.9. The molecule has 2 amide bonds. The summed E-state index contributed by atoms with van der Waals surface area (Å²) in [5.41, 5.74) is -0.246. The van der Waals surface area contributed by atoms with Gasteiger partial charge >= 0.3 is 6.18 Å². The van der Waals surface area contributed by atoms with Crippen LogP contribution in [0, 0.1) is 5.92 Å². The van der Waals surface area contributed by atoms with E-state index < -0.39 is 11.7 Å². The third-order valence-corrected chi connectivity index (χ3v) is 5.39. The van der Waals surface area contributed by atoms with Gasteiger partial charge in [0.15, 0.2) is 0 Å². The summed E-state index contributed by atoms with van der Waals surface area (Å²) in [5, 5.41) is 2.66. The lowest BCUT2D eigenvalue weighted by Crippen LogP contribution is -2.43. The van der Waals surface area contributed by atoms with E-state index in [1.165, 1.54) is 4.90 Å². The fourth-order valence-electron chi connectivity index (χ4n) is 3.48. The Kier molecular flexibility index (Phi) is 7.04. The Hall–Kier alpha value is -2.81. The summed E-state index contributed by atoms with van der Waals surface area (Å²) in [5.74, 6) is -0.440. The molecular weight excluding hydrogens is 433 g/mol. The van der Waals surface area contributed by atoms with Gasteiger partial charge in [0.2, 0.25) is 11.8 Å². The van der Waals surface area contributed by atoms with Gasteiger partial charge in [-0.05, 0) is 31.0 Å². The minimum atomic E-state index is -4.51. The number of amides is 2. The minimum Gasteiger partial charge on any atom is -0.355 e. The zero-order chi connectivity index (χ0) is 22.6.